The number of anilines is 1. The molecule has 0 fully saturated rings. The van der Waals surface area contributed by atoms with Crippen molar-refractivity contribution in [2.75, 3.05) is 12.4 Å². The molecule has 2 aromatic rings. The first kappa shape index (κ1) is 19.0. The highest BCUT2D eigenvalue weighted by molar-refractivity contribution is 5.94. The van der Waals surface area contributed by atoms with Crippen LogP contribution in [0.1, 0.15) is 24.0 Å². The van der Waals surface area contributed by atoms with E-state index in [0.717, 1.165) is 11.3 Å². The van der Waals surface area contributed by atoms with Crippen LogP contribution in [0.2, 0.25) is 0 Å². The molecule has 0 aliphatic rings. The third-order valence-electron chi connectivity index (χ3n) is 3.60. The van der Waals surface area contributed by atoms with Crippen LogP contribution in [0.5, 0.6) is 11.5 Å². The first-order valence-electron chi connectivity index (χ1n) is 8.04. The molecule has 0 radical (unpaired) electrons. The van der Waals surface area contributed by atoms with Crippen LogP contribution in [0.25, 0.3) is 0 Å². The monoisotopic (exact) mass is 355 g/mol. The lowest BCUT2D eigenvalue weighted by Gasteiger charge is -2.07. The standard InChI is InChI=1S/C19H21N3O4/c1-13-5-3-4-6-15(13)21-18(24)9-10-19(25)22-20-12-14-7-8-16(23)17(11-14)26-2/h3-8,11-12,23H,9-10H2,1-2H3,(H,21,24)(H,22,25). The van der Waals surface area contributed by atoms with Crippen molar-refractivity contribution in [1.82, 2.24) is 5.43 Å². The summed E-state index contributed by atoms with van der Waals surface area (Å²) in [6.07, 6.45) is 1.50. The van der Waals surface area contributed by atoms with Gasteiger partial charge >= 0.3 is 0 Å². The Morgan fingerprint density at radius 2 is 1.88 bits per heavy atom. The lowest BCUT2D eigenvalue weighted by Crippen LogP contribution is -2.20. The predicted molar refractivity (Wildman–Crippen MR) is 99.4 cm³/mol. The molecule has 2 amide bonds. The SMILES string of the molecule is COc1cc(C=NNC(=O)CCC(=O)Nc2ccccc2C)ccc1O. The minimum atomic E-state index is -0.369. The molecule has 0 saturated carbocycles. The number of nitrogens with one attached hydrogen (secondary N) is 2. The molecule has 0 spiro atoms. The Morgan fingerprint density at radius 1 is 1.15 bits per heavy atom. The summed E-state index contributed by atoms with van der Waals surface area (Å²) in [6.45, 7) is 1.90. The van der Waals surface area contributed by atoms with Crippen LogP contribution < -0.4 is 15.5 Å². The molecule has 136 valence electrons. The zero-order valence-corrected chi connectivity index (χ0v) is 14.7. The molecule has 2 aromatic carbocycles. The molecule has 0 aliphatic carbocycles. The van der Waals surface area contributed by atoms with Gasteiger partial charge in [0.25, 0.3) is 0 Å². The van der Waals surface area contributed by atoms with Gasteiger partial charge in [-0.05, 0) is 42.3 Å². The molecular formula is C19H21N3O4. The van der Waals surface area contributed by atoms with Gasteiger partial charge in [-0.1, -0.05) is 18.2 Å². The number of phenols is 1. The molecule has 2 rings (SSSR count). The number of nitrogens with zero attached hydrogens (tertiary/aromatic N) is 1. The number of ether oxygens (including phenoxy) is 1. The third-order valence-corrected chi connectivity index (χ3v) is 3.60. The smallest absolute Gasteiger partial charge is 0.240 e. The quantitative estimate of drug-likeness (QED) is 0.525. The van der Waals surface area contributed by atoms with Crippen LogP contribution in [0.15, 0.2) is 47.6 Å². The van der Waals surface area contributed by atoms with Gasteiger partial charge in [0.1, 0.15) is 0 Å². The minimum absolute atomic E-state index is 0.0216. The number of para-hydroxylation sites is 1. The van der Waals surface area contributed by atoms with E-state index in [2.05, 4.69) is 15.8 Å². The summed E-state index contributed by atoms with van der Waals surface area (Å²) in [7, 11) is 1.44. The number of aromatic hydroxyl groups is 1. The topological polar surface area (TPSA) is 100 Å². The number of benzene rings is 2. The van der Waals surface area contributed by atoms with E-state index in [1.165, 1.54) is 19.4 Å². The van der Waals surface area contributed by atoms with E-state index in [1.807, 2.05) is 31.2 Å². The summed E-state index contributed by atoms with van der Waals surface area (Å²) in [5.41, 5.74) is 4.70. The zero-order chi connectivity index (χ0) is 18.9. The van der Waals surface area contributed by atoms with Crippen LogP contribution in [0.3, 0.4) is 0 Å². The summed E-state index contributed by atoms with van der Waals surface area (Å²) in [5, 5.41) is 16.1. The number of amides is 2. The fourth-order valence-electron chi connectivity index (χ4n) is 2.16. The summed E-state index contributed by atoms with van der Waals surface area (Å²) >= 11 is 0. The number of methoxy groups -OCH3 is 1. The minimum Gasteiger partial charge on any atom is -0.504 e. The molecule has 0 aliphatic heterocycles. The average molecular weight is 355 g/mol. The van der Waals surface area contributed by atoms with Crippen molar-refractivity contribution in [3.05, 3.63) is 53.6 Å². The Kier molecular flexibility index (Phi) is 6.73. The second-order valence-electron chi connectivity index (χ2n) is 5.59. The predicted octanol–water partition coefficient (Wildman–Crippen LogP) is 2.58. The Morgan fingerprint density at radius 3 is 2.62 bits per heavy atom. The second-order valence-corrected chi connectivity index (χ2v) is 5.59. The molecule has 0 saturated heterocycles. The van der Waals surface area contributed by atoms with Crippen LogP contribution in [-0.2, 0) is 9.59 Å². The van der Waals surface area contributed by atoms with E-state index in [0.29, 0.717) is 11.3 Å². The highest BCUT2D eigenvalue weighted by Crippen LogP contribution is 2.25. The number of phenolic OH excluding ortho intramolecular Hbond substituents is 1. The normalized spacial score (nSPS) is 10.5. The van der Waals surface area contributed by atoms with Gasteiger partial charge in [0.2, 0.25) is 11.8 Å². The van der Waals surface area contributed by atoms with Crippen molar-refractivity contribution in [1.29, 1.82) is 0 Å². The lowest BCUT2D eigenvalue weighted by molar-refractivity contribution is -0.124. The maximum absolute atomic E-state index is 11.9. The highest BCUT2D eigenvalue weighted by atomic mass is 16.5. The van der Waals surface area contributed by atoms with Gasteiger partial charge < -0.3 is 15.2 Å². The number of hydrazone groups is 1. The van der Waals surface area contributed by atoms with Crippen molar-refractivity contribution >= 4 is 23.7 Å². The molecule has 0 unspecified atom stereocenters. The molecule has 0 aromatic heterocycles. The van der Waals surface area contributed by atoms with Crippen molar-refractivity contribution in [3.8, 4) is 11.5 Å². The fourth-order valence-corrected chi connectivity index (χ4v) is 2.16. The van der Waals surface area contributed by atoms with E-state index in [4.69, 9.17) is 4.74 Å². The number of carbonyl (C=O) groups is 2. The summed E-state index contributed by atoms with van der Waals surface area (Å²) < 4.78 is 4.99. The van der Waals surface area contributed by atoms with Gasteiger partial charge in [0, 0.05) is 18.5 Å². The first-order chi connectivity index (χ1) is 12.5. The van der Waals surface area contributed by atoms with Gasteiger partial charge in [-0.25, -0.2) is 5.43 Å². The highest BCUT2D eigenvalue weighted by Gasteiger charge is 2.08. The van der Waals surface area contributed by atoms with Gasteiger partial charge in [0.15, 0.2) is 11.5 Å². The van der Waals surface area contributed by atoms with Crippen molar-refractivity contribution in [2.24, 2.45) is 5.10 Å². The fraction of sp³-hybridized carbons (Fsp3) is 0.211. The molecule has 7 heteroatoms. The van der Waals surface area contributed by atoms with Crippen molar-refractivity contribution in [2.45, 2.75) is 19.8 Å². The Bertz CT molecular complexity index is 818. The summed E-state index contributed by atoms with van der Waals surface area (Å²) in [5.74, 6) is -0.268. The van der Waals surface area contributed by atoms with Gasteiger partial charge in [-0.3, -0.25) is 9.59 Å². The number of aryl methyl sites for hydroxylation is 1. The van der Waals surface area contributed by atoms with Gasteiger partial charge in [-0.2, -0.15) is 5.10 Å². The molecule has 0 atom stereocenters. The Balaban J connectivity index is 1.78. The van der Waals surface area contributed by atoms with E-state index in [-0.39, 0.29) is 30.4 Å². The van der Waals surface area contributed by atoms with Crippen LogP contribution in [-0.4, -0.2) is 30.2 Å². The lowest BCUT2D eigenvalue weighted by atomic mass is 10.2. The molecular weight excluding hydrogens is 334 g/mol. The Hall–Kier alpha value is -3.35. The molecule has 0 bridgehead atoms. The maximum atomic E-state index is 11.9. The molecule has 7 nitrogen and oxygen atoms in total. The maximum Gasteiger partial charge on any atom is 0.240 e. The first-order valence-corrected chi connectivity index (χ1v) is 8.04. The van der Waals surface area contributed by atoms with Crippen molar-refractivity contribution < 1.29 is 19.4 Å². The summed E-state index contributed by atoms with van der Waals surface area (Å²) in [6, 6.07) is 12.1. The van der Waals surface area contributed by atoms with E-state index in [9.17, 15) is 14.7 Å². The van der Waals surface area contributed by atoms with Gasteiger partial charge in [-0.15, -0.1) is 0 Å². The Labute approximate surface area is 151 Å². The number of hydrogen-bond donors (Lipinski definition) is 3. The zero-order valence-electron chi connectivity index (χ0n) is 14.7. The third kappa shape index (κ3) is 5.62. The molecule has 3 N–H and O–H groups in total. The molecule has 0 heterocycles. The number of carbonyl (C=O) groups excluding carboxylic acids is 2. The van der Waals surface area contributed by atoms with E-state index < -0.39 is 0 Å². The van der Waals surface area contributed by atoms with E-state index >= 15 is 0 Å². The number of rotatable bonds is 7. The average Bonchev–Trinajstić information content (AvgIpc) is 2.63. The molecule has 26 heavy (non-hydrogen) atoms. The van der Waals surface area contributed by atoms with Crippen molar-refractivity contribution in [3.63, 3.8) is 0 Å². The summed E-state index contributed by atoms with van der Waals surface area (Å²) in [4.78, 5) is 23.7. The van der Waals surface area contributed by atoms with Crippen LogP contribution in [0, 0.1) is 6.92 Å². The largest absolute Gasteiger partial charge is 0.504 e. The number of hydrogen-bond acceptors (Lipinski definition) is 5. The van der Waals surface area contributed by atoms with Crippen LogP contribution in [0.4, 0.5) is 5.69 Å². The second kappa shape index (κ2) is 9.22. The van der Waals surface area contributed by atoms with E-state index in [1.54, 1.807) is 12.1 Å². The van der Waals surface area contributed by atoms with Crippen LogP contribution >= 0.6 is 0 Å². The van der Waals surface area contributed by atoms with Gasteiger partial charge in [0.05, 0.1) is 13.3 Å².